The Kier molecular flexibility index (Phi) is 6.53. The Morgan fingerprint density at radius 2 is 1.74 bits per heavy atom. The van der Waals surface area contributed by atoms with Crippen molar-refractivity contribution < 1.29 is 18.8 Å². The number of nitrogens with zero attached hydrogens (tertiary/aromatic N) is 1. The summed E-state index contributed by atoms with van der Waals surface area (Å²) in [5, 5.41) is 5.32. The van der Waals surface area contributed by atoms with E-state index < -0.39 is 6.04 Å². The molecule has 3 aliphatic rings. The number of benzene rings is 2. The minimum absolute atomic E-state index is 0.157. The van der Waals surface area contributed by atoms with Crippen molar-refractivity contribution in [3.63, 3.8) is 0 Å². The summed E-state index contributed by atoms with van der Waals surface area (Å²) in [6, 6.07) is 20.9. The van der Waals surface area contributed by atoms with Crippen LogP contribution in [0.1, 0.15) is 39.7 Å². The number of anilines is 1. The van der Waals surface area contributed by atoms with Crippen LogP contribution >= 0.6 is 11.3 Å². The molecule has 4 heterocycles. The minimum atomic E-state index is -0.581. The molecule has 0 radical (unpaired) electrons. The number of ketones is 1. The van der Waals surface area contributed by atoms with Crippen LogP contribution in [0.2, 0.25) is 0 Å². The number of carbonyl (C=O) groups excluding carboxylic acids is 2. The van der Waals surface area contributed by atoms with Gasteiger partial charge in [0, 0.05) is 40.3 Å². The SMILES string of the molecule is Cc1cc(C(=O)C[N+]23CCC(CC2)[C@@H](OC(=O)[C@H](Nc2ccccc2)c2ccccc2)C3)cs1. The molecule has 2 atom stereocenters. The van der Waals surface area contributed by atoms with Gasteiger partial charge in [-0.1, -0.05) is 48.5 Å². The second-order valence-corrected chi connectivity index (χ2v) is 10.8. The largest absolute Gasteiger partial charge is 0.454 e. The number of aryl methyl sites for hydroxylation is 1. The number of fused-ring (bicyclic) bond motifs is 3. The van der Waals surface area contributed by atoms with Gasteiger partial charge in [0.2, 0.25) is 5.78 Å². The molecule has 0 spiro atoms. The number of esters is 1. The average Bonchev–Trinajstić information content (AvgIpc) is 3.31. The summed E-state index contributed by atoms with van der Waals surface area (Å²) < 4.78 is 6.93. The molecule has 3 aromatic rings. The van der Waals surface area contributed by atoms with Gasteiger partial charge < -0.3 is 14.5 Å². The van der Waals surface area contributed by atoms with E-state index in [9.17, 15) is 9.59 Å². The zero-order valence-corrected chi connectivity index (χ0v) is 20.3. The number of thiophene rings is 1. The van der Waals surface area contributed by atoms with Gasteiger partial charge in [-0.05, 0) is 30.7 Å². The fourth-order valence-electron chi connectivity index (χ4n) is 5.40. The van der Waals surface area contributed by atoms with Crippen LogP contribution in [0.4, 0.5) is 5.69 Å². The number of quaternary nitrogens is 1. The van der Waals surface area contributed by atoms with E-state index in [4.69, 9.17) is 4.74 Å². The molecule has 2 aromatic carbocycles. The molecule has 2 bridgehead atoms. The second-order valence-electron chi connectivity index (χ2n) is 9.67. The van der Waals surface area contributed by atoms with Gasteiger partial charge >= 0.3 is 5.97 Å². The van der Waals surface area contributed by atoms with Crippen LogP contribution in [-0.2, 0) is 9.53 Å². The normalized spacial score (nSPS) is 24.4. The molecule has 0 amide bonds. The van der Waals surface area contributed by atoms with E-state index in [-0.39, 0.29) is 17.9 Å². The number of piperidine rings is 3. The Labute approximate surface area is 205 Å². The average molecular weight is 476 g/mol. The Morgan fingerprint density at radius 1 is 1.06 bits per heavy atom. The Hall–Kier alpha value is -2.96. The summed E-state index contributed by atoms with van der Waals surface area (Å²) in [6.07, 6.45) is 1.84. The van der Waals surface area contributed by atoms with Crippen LogP contribution < -0.4 is 5.32 Å². The van der Waals surface area contributed by atoms with Crippen LogP contribution in [0, 0.1) is 12.8 Å². The van der Waals surface area contributed by atoms with Crippen molar-refractivity contribution >= 4 is 28.8 Å². The first-order valence-corrected chi connectivity index (χ1v) is 12.9. The van der Waals surface area contributed by atoms with Crippen LogP contribution in [-0.4, -0.2) is 48.5 Å². The number of carbonyl (C=O) groups is 2. The summed E-state index contributed by atoms with van der Waals surface area (Å²) >= 11 is 1.62. The highest BCUT2D eigenvalue weighted by atomic mass is 32.1. The molecule has 6 heteroatoms. The molecular weight excluding hydrogens is 444 g/mol. The third-order valence-corrected chi connectivity index (χ3v) is 8.16. The van der Waals surface area contributed by atoms with Gasteiger partial charge in [-0.2, -0.15) is 0 Å². The zero-order valence-electron chi connectivity index (χ0n) is 19.5. The van der Waals surface area contributed by atoms with Crippen molar-refractivity contribution in [3.05, 3.63) is 88.1 Å². The van der Waals surface area contributed by atoms with Gasteiger partial charge in [-0.3, -0.25) is 4.79 Å². The molecule has 1 aromatic heterocycles. The van der Waals surface area contributed by atoms with Gasteiger partial charge in [0.25, 0.3) is 0 Å². The lowest BCUT2D eigenvalue weighted by Crippen LogP contribution is -2.65. The molecule has 0 saturated carbocycles. The summed E-state index contributed by atoms with van der Waals surface area (Å²) in [5.41, 5.74) is 2.57. The molecule has 3 aliphatic heterocycles. The number of Topliss-reactive ketones (excluding diaryl/α,β-unsaturated/α-hetero) is 1. The summed E-state index contributed by atoms with van der Waals surface area (Å²) in [7, 11) is 0. The molecular formula is C28H31N2O3S+. The highest BCUT2D eigenvalue weighted by Crippen LogP contribution is 2.37. The van der Waals surface area contributed by atoms with Crippen LogP contribution in [0.5, 0.6) is 0 Å². The van der Waals surface area contributed by atoms with E-state index in [1.807, 2.05) is 79.0 Å². The molecule has 34 heavy (non-hydrogen) atoms. The van der Waals surface area contributed by atoms with Crippen LogP contribution in [0.15, 0.2) is 72.1 Å². The topological polar surface area (TPSA) is 55.4 Å². The lowest BCUT2D eigenvalue weighted by atomic mass is 9.82. The van der Waals surface area contributed by atoms with Gasteiger partial charge in [0.1, 0.15) is 13.1 Å². The number of hydrogen-bond donors (Lipinski definition) is 1. The highest BCUT2D eigenvalue weighted by molar-refractivity contribution is 7.10. The molecule has 5 nitrogen and oxygen atoms in total. The van der Waals surface area contributed by atoms with E-state index in [1.54, 1.807) is 11.3 Å². The van der Waals surface area contributed by atoms with Gasteiger partial charge in [0.15, 0.2) is 12.1 Å². The smallest absolute Gasteiger partial charge is 0.333 e. The predicted octanol–water partition coefficient (Wildman–Crippen LogP) is 5.24. The number of nitrogens with one attached hydrogen (secondary N) is 1. The maximum Gasteiger partial charge on any atom is 0.333 e. The van der Waals surface area contributed by atoms with Gasteiger partial charge in [0.05, 0.1) is 13.1 Å². The first-order chi connectivity index (χ1) is 16.5. The fourth-order valence-corrected chi connectivity index (χ4v) is 6.11. The maximum absolute atomic E-state index is 13.5. The quantitative estimate of drug-likeness (QED) is 0.275. The van der Waals surface area contributed by atoms with Crippen LogP contribution in [0.3, 0.4) is 0 Å². The summed E-state index contributed by atoms with van der Waals surface area (Å²) in [5.74, 6) is 0.310. The van der Waals surface area contributed by atoms with E-state index in [0.29, 0.717) is 12.5 Å². The molecule has 6 rings (SSSR count). The van der Waals surface area contributed by atoms with Crippen LogP contribution in [0.25, 0.3) is 0 Å². The molecule has 176 valence electrons. The summed E-state index contributed by atoms with van der Waals surface area (Å²) in [6.45, 7) is 5.21. The molecule has 3 fully saturated rings. The van der Waals surface area contributed by atoms with Crippen molar-refractivity contribution in [2.24, 2.45) is 5.92 Å². The first kappa shape index (κ1) is 22.8. The summed E-state index contributed by atoms with van der Waals surface area (Å²) in [4.78, 5) is 27.7. The van der Waals surface area contributed by atoms with E-state index in [2.05, 4.69) is 5.32 Å². The lowest BCUT2D eigenvalue weighted by Gasteiger charge is -2.51. The highest BCUT2D eigenvalue weighted by Gasteiger charge is 2.49. The Bertz CT molecular complexity index is 1140. The van der Waals surface area contributed by atoms with Crippen molar-refractivity contribution in [2.75, 3.05) is 31.5 Å². The zero-order chi connectivity index (χ0) is 23.5. The van der Waals surface area contributed by atoms with E-state index >= 15 is 0 Å². The van der Waals surface area contributed by atoms with Gasteiger partial charge in [-0.25, -0.2) is 4.79 Å². The van der Waals surface area contributed by atoms with E-state index in [0.717, 1.165) is 58.7 Å². The molecule has 1 N–H and O–H groups in total. The number of ether oxygens (including phenoxy) is 1. The van der Waals surface area contributed by atoms with Crippen molar-refractivity contribution in [1.29, 1.82) is 0 Å². The number of para-hydroxylation sites is 1. The minimum Gasteiger partial charge on any atom is -0.454 e. The standard InChI is InChI=1S/C28H31N2O3S/c1-20-16-23(19-34-20)25(31)17-30-14-12-21(13-15-30)26(18-30)33-28(32)27(22-8-4-2-5-9-22)29-24-10-6-3-7-11-24/h2-11,16,19,21,26-27,29H,12-15,17-18H2,1H3/q+1/t21?,26-,27+,30?/m0/s1. The lowest BCUT2D eigenvalue weighted by molar-refractivity contribution is -0.938. The Morgan fingerprint density at radius 3 is 2.38 bits per heavy atom. The van der Waals surface area contributed by atoms with Crippen molar-refractivity contribution in [2.45, 2.75) is 31.9 Å². The molecule has 0 unspecified atom stereocenters. The number of hydrogen-bond acceptors (Lipinski definition) is 5. The molecule has 0 aliphatic carbocycles. The van der Waals surface area contributed by atoms with E-state index in [1.165, 1.54) is 0 Å². The first-order valence-electron chi connectivity index (χ1n) is 12.0. The number of rotatable bonds is 8. The second kappa shape index (κ2) is 9.72. The Balaban J connectivity index is 1.31. The maximum atomic E-state index is 13.5. The fraction of sp³-hybridized carbons (Fsp3) is 0.357. The third-order valence-electron chi connectivity index (χ3n) is 7.29. The van der Waals surface area contributed by atoms with Crippen molar-refractivity contribution in [1.82, 2.24) is 0 Å². The third kappa shape index (κ3) is 4.93. The van der Waals surface area contributed by atoms with Gasteiger partial charge in [-0.15, -0.1) is 11.3 Å². The molecule has 3 saturated heterocycles. The van der Waals surface area contributed by atoms with Crippen molar-refractivity contribution in [3.8, 4) is 0 Å². The predicted molar refractivity (Wildman–Crippen MR) is 135 cm³/mol. The monoisotopic (exact) mass is 475 g/mol.